The summed E-state index contributed by atoms with van der Waals surface area (Å²) in [6.07, 6.45) is 7.04. The molecular weight excluding hydrogens is 300 g/mol. The van der Waals surface area contributed by atoms with Crippen molar-refractivity contribution in [2.24, 2.45) is 11.8 Å². The normalized spacial score (nSPS) is 25.2. The van der Waals surface area contributed by atoms with Gasteiger partial charge in [0.1, 0.15) is 5.52 Å². The molecule has 0 saturated heterocycles. The van der Waals surface area contributed by atoms with Crippen molar-refractivity contribution in [3.05, 3.63) is 36.7 Å². The molecule has 2 aromatic heterocycles. The number of nitrogens with one attached hydrogen (secondary N) is 3. The zero-order valence-electron chi connectivity index (χ0n) is 13.4. The molecule has 1 aromatic carbocycles. The van der Waals surface area contributed by atoms with Crippen LogP contribution in [0.25, 0.3) is 11.2 Å². The van der Waals surface area contributed by atoms with Gasteiger partial charge in [0.25, 0.3) is 0 Å². The number of hydrogen-bond donors (Lipinski definition) is 3. The van der Waals surface area contributed by atoms with Crippen molar-refractivity contribution in [1.82, 2.24) is 19.9 Å². The number of imidazole rings is 1. The van der Waals surface area contributed by atoms with Crippen molar-refractivity contribution < 1.29 is 0 Å². The number of fused-ring (bicyclic) bond motifs is 3. The van der Waals surface area contributed by atoms with Gasteiger partial charge >= 0.3 is 0 Å². The van der Waals surface area contributed by atoms with Crippen LogP contribution in [0.5, 0.6) is 0 Å². The largest absolute Gasteiger partial charge is 0.365 e. The van der Waals surface area contributed by atoms with Gasteiger partial charge in [-0.3, -0.25) is 0 Å². The van der Waals surface area contributed by atoms with Crippen LogP contribution in [-0.2, 0) is 0 Å². The van der Waals surface area contributed by atoms with E-state index in [-0.39, 0.29) is 0 Å². The average Bonchev–Trinajstić information content (AvgIpc) is 3.32. The van der Waals surface area contributed by atoms with Crippen LogP contribution >= 0.6 is 0 Å². The van der Waals surface area contributed by atoms with Crippen LogP contribution in [0.15, 0.2) is 36.7 Å². The Kier molecular flexibility index (Phi) is 3.14. The maximum atomic E-state index is 4.71. The highest BCUT2D eigenvalue weighted by Crippen LogP contribution is 2.45. The standard InChI is InChI=1S/C18H20N6/c1-2-4-13(5-3-1)21-18-23-16-15(19-10-20-16)17(24-18)22-14-9-11-6-7-12(14)8-11/h1-5,10-12,14H,6-9H2,(H3,19,20,21,22,23,24)/t11-,12+,14?/m1/s1. The fourth-order valence-electron chi connectivity index (χ4n) is 4.24. The van der Waals surface area contributed by atoms with Crippen molar-refractivity contribution in [2.75, 3.05) is 10.6 Å². The Hall–Kier alpha value is -2.63. The molecule has 0 aliphatic heterocycles. The second-order valence-electron chi connectivity index (χ2n) is 6.91. The fraction of sp³-hybridized carbons (Fsp3) is 0.389. The first-order chi connectivity index (χ1) is 11.8. The summed E-state index contributed by atoms with van der Waals surface area (Å²) in [5, 5.41) is 6.93. The van der Waals surface area contributed by atoms with E-state index in [2.05, 4.69) is 25.6 Å². The van der Waals surface area contributed by atoms with Crippen LogP contribution in [0.1, 0.15) is 25.7 Å². The third kappa shape index (κ3) is 2.38. The molecule has 2 aliphatic rings. The van der Waals surface area contributed by atoms with Gasteiger partial charge < -0.3 is 15.6 Å². The minimum absolute atomic E-state index is 0.523. The van der Waals surface area contributed by atoms with Crippen molar-refractivity contribution in [3.8, 4) is 0 Å². The molecule has 1 unspecified atom stereocenters. The Morgan fingerprint density at radius 2 is 1.96 bits per heavy atom. The highest BCUT2D eigenvalue weighted by Gasteiger charge is 2.39. The number of para-hydroxylation sites is 1. The second kappa shape index (κ2) is 5.47. The lowest BCUT2D eigenvalue weighted by Crippen LogP contribution is -2.26. The predicted octanol–water partition coefficient (Wildman–Crippen LogP) is 3.70. The highest BCUT2D eigenvalue weighted by molar-refractivity contribution is 5.84. The molecule has 0 spiro atoms. The summed E-state index contributed by atoms with van der Waals surface area (Å²) in [4.78, 5) is 16.7. The maximum Gasteiger partial charge on any atom is 0.231 e. The Bertz CT molecular complexity index is 858. The minimum Gasteiger partial charge on any atom is -0.365 e. The van der Waals surface area contributed by atoms with Gasteiger partial charge in [0.15, 0.2) is 11.5 Å². The summed E-state index contributed by atoms with van der Waals surface area (Å²) >= 11 is 0. The molecule has 2 saturated carbocycles. The van der Waals surface area contributed by atoms with E-state index in [1.807, 2.05) is 30.3 Å². The molecule has 3 N–H and O–H groups in total. The van der Waals surface area contributed by atoms with E-state index >= 15 is 0 Å². The number of rotatable bonds is 4. The topological polar surface area (TPSA) is 78.5 Å². The summed E-state index contributed by atoms with van der Waals surface area (Å²) in [5.41, 5.74) is 2.55. The zero-order valence-corrected chi connectivity index (χ0v) is 13.4. The number of aromatic amines is 1. The molecule has 0 radical (unpaired) electrons. The van der Waals surface area contributed by atoms with Gasteiger partial charge in [-0.25, -0.2) is 4.98 Å². The van der Waals surface area contributed by atoms with E-state index in [1.54, 1.807) is 6.33 Å². The summed E-state index contributed by atoms with van der Waals surface area (Å²) < 4.78 is 0. The van der Waals surface area contributed by atoms with E-state index in [0.717, 1.165) is 28.9 Å². The zero-order chi connectivity index (χ0) is 15.9. The molecule has 2 aliphatic carbocycles. The minimum atomic E-state index is 0.523. The first-order valence-electron chi connectivity index (χ1n) is 8.65. The highest BCUT2D eigenvalue weighted by atomic mass is 15.2. The molecule has 3 aromatic rings. The van der Waals surface area contributed by atoms with Crippen LogP contribution in [0.2, 0.25) is 0 Å². The average molecular weight is 320 g/mol. The van der Waals surface area contributed by atoms with Crippen molar-refractivity contribution in [3.63, 3.8) is 0 Å². The number of hydrogen-bond acceptors (Lipinski definition) is 5. The number of H-pyrrole nitrogens is 1. The molecule has 24 heavy (non-hydrogen) atoms. The van der Waals surface area contributed by atoms with Gasteiger partial charge in [-0.1, -0.05) is 24.6 Å². The second-order valence-corrected chi connectivity index (χ2v) is 6.91. The number of benzene rings is 1. The van der Waals surface area contributed by atoms with Crippen LogP contribution in [0.4, 0.5) is 17.5 Å². The molecule has 6 heteroatoms. The predicted molar refractivity (Wildman–Crippen MR) is 94.3 cm³/mol. The Labute approximate surface area is 140 Å². The molecule has 6 nitrogen and oxygen atoms in total. The van der Waals surface area contributed by atoms with E-state index in [9.17, 15) is 0 Å². The van der Waals surface area contributed by atoms with Crippen LogP contribution in [0, 0.1) is 11.8 Å². The summed E-state index contributed by atoms with van der Waals surface area (Å²) in [6.45, 7) is 0. The molecule has 122 valence electrons. The van der Waals surface area contributed by atoms with Crippen LogP contribution < -0.4 is 10.6 Å². The van der Waals surface area contributed by atoms with E-state index in [4.69, 9.17) is 4.98 Å². The maximum absolute atomic E-state index is 4.71. The van der Waals surface area contributed by atoms with Crippen molar-refractivity contribution >= 4 is 28.6 Å². The first-order valence-corrected chi connectivity index (χ1v) is 8.65. The van der Waals surface area contributed by atoms with Gasteiger partial charge in [0.2, 0.25) is 5.95 Å². The number of aromatic nitrogens is 4. The summed E-state index contributed by atoms with van der Waals surface area (Å²) in [5.74, 6) is 3.11. The molecule has 0 amide bonds. The van der Waals surface area contributed by atoms with Crippen molar-refractivity contribution in [2.45, 2.75) is 31.7 Å². The van der Waals surface area contributed by atoms with Crippen LogP contribution in [0.3, 0.4) is 0 Å². The lowest BCUT2D eigenvalue weighted by Gasteiger charge is -2.23. The summed E-state index contributed by atoms with van der Waals surface area (Å²) in [7, 11) is 0. The van der Waals surface area contributed by atoms with Crippen molar-refractivity contribution in [1.29, 1.82) is 0 Å². The smallest absolute Gasteiger partial charge is 0.231 e. The molecule has 2 fully saturated rings. The van der Waals surface area contributed by atoms with Gasteiger partial charge in [0, 0.05) is 11.7 Å². The summed E-state index contributed by atoms with van der Waals surface area (Å²) in [6, 6.07) is 10.5. The Balaban J connectivity index is 1.47. The lowest BCUT2D eigenvalue weighted by molar-refractivity contribution is 0.439. The monoisotopic (exact) mass is 320 g/mol. The van der Waals surface area contributed by atoms with E-state index in [1.165, 1.54) is 25.7 Å². The van der Waals surface area contributed by atoms with Crippen LogP contribution in [-0.4, -0.2) is 26.0 Å². The molecule has 3 atom stereocenters. The Morgan fingerprint density at radius 1 is 1.04 bits per heavy atom. The number of anilines is 3. The molecule has 2 bridgehead atoms. The lowest BCUT2D eigenvalue weighted by atomic mass is 9.95. The third-order valence-electron chi connectivity index (χ3n) is 5.38. The third-order valence-corrected chi connectivity index (χ3v) is 5.38. The Morgan fingerprint density at radius 3 is 2.75 bits per heavy atom. The SMILES string of the molecule is c1ccc(Nc2nc(NC3C[C@@H]4CC[C@H]3C4)c3[nH]cnc3n2)cc1. The van der Waals surface area contributed by atoms with Gasteiger partial charge in [0.05, 0.1) is 6.33 Å². The molecule has 2 heterocycles. The molecular formula is C18H20N6. The van der Waals surface area contributed by atoms with Gasteiger partial charge in [-0.05, 0) is 43.2 Å². The van der Waals surface area contributed by atoms with Gasteiger partial charge in [-0.15, -0.1) is 0 Å². The van der Waals surface area contributed by atoms with Gasteiger partial charge in [-0.2, -0.15) is 9.97 Å². The first kappa shape index (κ1) is 13.8. The fourth-order valence-corrected chi connectivity index (χ4v) is 4.24. The van der Waals surface area contributed by atoms with E-state index < -0.39 is 0 Å². The molecule has 5 rings (SSSR count). The quantitative estimate of drug-likeness (QED) is 0.683. The van der Waals surface area contributed by atoms with E-state index in [0.29, 0.717) is 17.6 Å². The number of nitrogens with zero attached hydrogens (tertiary/aromatic N) is 3.